The van der Waals surface area contributed by atoms with Gasteiger partial charge in [-0.3, -0.25) is 4.90 Å². The summed E-state index contributed by atoms with van der Waals surface area (Å²) in [5.41, 5.74) is 0.987. The molecule has 6 unspecified atom stereocenters. The highest BCUT2D eigenvalue weighted by molar-refractivity contribution is 6.18. The highest BCUT2D eigenvalue weighted by Gasteiger charge is 2.60. The molecule has 156 valence electrons. The predicted octanol–water partition coefficient (Wildman–Crippen LogP) is 3.29. The van der Waals surface area contributed by atoms with Crippen LogP contribution in [-0.4, -0.2) is 66.4 Å². The Kier molecular flexibility index (Phi) is 6.00. The fourth-order valence-electron chi connectivity index (χ4n) is 4.18. The van der Waals surface area contributed by atoms with Crippen LogP contribution in [0.3, 0.4) is 0 Å². The van der Waals surface area contributed by atoms with Crippen molar-refractivity contribution in [3.05, 3.63) is 35.9 Å². The van der Waals surface area contributed by atoms with Crippen molar-refractivity contribution >= 4 is 11.6 Å². The van der Waals surface area contributed by atoms with Gasteiger partial charge in [0.1, 0.15) is 24.4 Å². The van der Waals surface area contributed by atoms with Crippen molar-refractivity contribution < 1.29 is 23.7 Å². The van der Waals surface area contributed by atoms with Crippen LogP contribution >= 0.6 is 11.6 Å². The van der Waals surface area contributed by atoms with E-state index in [0.29, 0.717) is 18.5 Å². The van der Waals surface area contributed by atoms with Gasteiger partial charge < -0.3 is 23.7 Å². The molecule has 0 amide bonds. The van der Waals surface area contributed by atoms with Crippen LogP contribution in [0.5, 0.6) is 0 Å². The lowest BCUT2D eigenvalue weighted by molar-refractivity contribution is -0.311. The summed E-state index contributed by atoms with van der Waals surface area (Å²) >= 11 is 6.02. The number of nitrogens with zero attached hydrogens (tertiary/aromatic N) is 1. The standard InChI is InChI=1S/C21H30ClNO5/c1-13(2)23(11-10-22)12-15-16-17(18-20(25-16)28-21(3,4)27-18)26-19(24-15)14-8-6-5-7-9-14/h5-9,13,15-20H,10-12H2,1-4H3. The van der Waals surface area contributed by atoms with Gasteiger partial charge >= 0.3 is 0 Å². The SMILES string of the molecule is CC(C)N(CCCl)CC1OC(c2ccccc2)OC2C1OC1OC(C)(C)OC12. The molecule has 0 spiro atoms. The molecule has 3 saturated heterocycles. The maximum absolute atomic E-state index is 6.39. The summed E-state index contributed by atoms with van der Waals surface area (Å²) in [6.07, 6.45) is -1.84. The van der Waals surface area contributed by atoms with Crippen molar-refractivity contribution in [2.24, 2.45) is 0 Å². The molecule has 3 aliphatic heterocycles. The number of hydrogen-bond donors (Lipinski definition) is 0. The summed E-state index contributed by atoms with van der Waals surface area (Å²) in [6.45, 7) is 9.63. The summed E-state index contributed by atoms with van der Waals surface area (Å²) in [7, 11) is 0. The van der Waals surface area contributed by atoms with Crippen molar-refractivity contribution in [1.82, 2.24) is 4.90 Å². The largest absolute Gasteiger partial charge is 0.341 e. The van der Waals surface area contributed by atoms with Gasteiger partial charge in [-0.2, -0.15) is 0 Å². The second kappa shape index (κ2) is 8.19. The van der Waals surface area contributed by atoms with E-state index in [1.54, 1.807) is 0 Å². The molecule has 3 fully saturated rings. The number of rotatable bonds is 6. The smallest absolute Gasteiger partial charge is 0.190 e. The lowest BCUT2D eigenvalue weighted by Crippen LogP contribution is -2.54. The molecule has 6 atom stereocenters. The van der Waals surface area contributed by atoms with E-state index in [-0.39, 0.29) is 24.4 Å². The maximum atomic E-state index is 6.39. The van der Waals surface area contributed by atoms with E-state index in [1.807, 2.05) is 44.2 Å². The zero-order chi connectivity index (χ0) is 19.9. The fraction of sp³-hybridized carbons (Fsp3) is 0.714. The predicted molar refractivity (Wildman–Crippen MR) is 105 cm³/mol. The van der Waals surface area contributed by atoms with E-state index in [9.17, 15) is 0 Å². The number of benzene rings is 1. The van der Waals surface area contributed by atoms with Gasteiger partial charge in [0.2, 0.25) is 0 Å². The Morgan fingerprint density at radius 3 is 2.43 bits per heavy atom. The van der Waals surface area contributed by atoms with E-state index < -0.39 is 18.4 Å². The first-order valence-electron chi connectivity index (χ1n) is 10.0. The van der Waals surface area contributed by atoms with E-state index in [4.69, 9.17) is 35.3 Å². The highest BCUT2D eigenvalue weighted by atomic mass is 35.5. The molecule has 0 bridgehead atoms. The number of halogens is 1. The third-order valence-electron chi connectivity index (χ3n) is 5.56. The van der Waals surface area contributed by atoms with Crippen LogP contribution in [0.1, 0.15) is 39.5 Å². The molecule has 3 heterocycles. The molecule has 7 heteroatoms. The molecule has 28 heavy (non-hydrogen) atoms. The zero-order valence-electron chi connectivity index (χ0n) is 16.9. The van der Waals surface area contributed by atoms with Crippen LogP contribution < -0.4 is 0 Å². The van der Waals surface area contributed by atoms with Crippen LogP contribution in [0.4, 0.5) is 0 Å². The first-order chi connectivity index (χ1) is 13.4. The lowest BCUT2D eigenvalue weighted by Gasteiger charge is -2.42. The highest BCUT2D eigenvalue weighted by Crippen LogP contribution is 2.45. The van der Waals surface area contributed by atoms with Gasteiger partial charge in [-0.15, -0.1) is 11.6 Å². The van der Waals surface area contributed by atoms with Crippen LogP contribution in [-0.2, 0) is 23.7 Å². The monoisotopic (exact) mass is 411 g/mol. The van der Waals surface area contributed by atoms with Crippen LogP contribution in [0.2, 0.25) is 0 Å². The van der Waals surface area contributed by atoms with Crippen molar-refractivity contribution in [3.63, 3.8) is 0 Å². The summed E-state index contributed by atoms with van der Waals surface area (Å²) in [5.74, 6) is -0.105. The normalized spacial score (nSPS) is 36.7. The summed E-state index contributed by atoms with van der Waals surface area (Å²) in [4.78, 5) is 2.31. The molecular formula is C21H30ClNO5. The Morgan fingerprint density at radius 1 is 1.00 bits per heavy atom. The summed E-state index contributed by atoms with van der Waals surface area (Å²) < 4.78 is 31.0. The molecule has 0 aromatic heterocycles. The molecule has 3 aliphatic rings. The van der Waals surface area contributed by atoms with Gasteiger partial charge in [0.05, 0.1) is 0 Å². The van der Waals surface area contributed by atoms with Crippen molar-refractivity contribution in [3.8, 4) is 0 Å². The third kappa shape index (κ3) is 4.10. The van der Waals surface area contributed by atoms with Crippen LogP contribution in [0.25, 0.3) is 0 Å². The average Bonchev–Trinajstić information content (AvgIpc) is 3.14. The molecular weight excluding hydrogens is 382 g/mol. The van der Waals surface area contributed by atoms with Crippen molar-refractivity contribution in [2.75, 3.05) is 19.0 Å². The van der Waals surface area contributed by atoms with E-state index >= 15 is 0 Å². The average molecular weight is 412 g/mol. The molecule has 6 nitrogen and oxygen atoms in total. The Balaban J connectivity index is 1.58. The van der Waals surface area contributed by atoms with Gasteiger partial charge in [-0.05, 0) is 27.7 Å². The number of alkyl halides is 1. The summed E-state index contributed by atoms with van der Waals surface area (Å²) in [6, 6.07) is 10.4. The Bertz CT molecular complexity index is 657. The van der Waals surface area contributed by atoms with Gasteiger partial charge in [0.15, 0.2) is 18.4 Å². The third-order valence-corrected chi connectivity index (χ3v) is 5.73. The fourth-order valence-corrected chi connectivity index (χ4v) is 4.40. The van der Waals surface area contributed by atoms with Gasteiger partial charge in [0, 0.05) is 30.6 Å². The Morgan fingerprint density at radius 2 is 1.75 bits per heavy atom. The van der Waals surface area contributed by atoms with Gasteiger partial charge in [-0.25, -0.2) is 0 Å². The Hall–Kier alpha value is -0.730. The number of hydrogen-bond acceptors (Lipinski definition) is 6. The molecule has 0 N–H and O–H groups in total. The topological polar surface area (TPSA) is 49.4 Å². The molecule has 1 aromatic carbocycles. The van der Waals surface area contributed by atoms with Crippen molar-refractivity contribution in [1.29, 1.82) is 0 Å². The zero-order valence-corrected chi connectivity index (χ0v) is 17.7. The Labute approximate surface area is 172 Å². The summed E-state index contributed by atoms with van der Waals surface area (Å²) in [5, 5.41) is 0. The quantitative estimate of drug-likeness (QED) is 0.669. The minimum absolute atomic E-state index is 0.171. The number of ether oxygens (including phenoxy) is 5. The second-order valence-corrected chi connectivity index (χ2v) is 8.74. The van der Waals surface area contributed by atoms with Crippen molar-refractivity contribution in [2.45, 2.75) is 76.5 Å². The first kappa shape index (κ1) is 20.5. The molecule has 1 aromatic rings. The second-order valence-electron chi connectivity index (χ2n) is 8.36. The van der Waals surface area contributed by atoms with Gasteiger partial charge in [-0.1, -0.05) is 30.3 Å². The first-order valence-corrected chi connectivity index (χ1v) is 10.6. The molecule has 0 radical (unpaired) electrons. The number of fused-ring (bicyclic) bond motifs is 3. The van der Waals surface area contributed by atoms with Crippen LogP contribution in [0.15, 0.2) is 30.3 Å². The maximum Gasteiger partial charge on any atom is 0.190 e. The molecule has 0 saturated carbocycles. The van der Waals surface area contributed by atoms with E-state index in [2.05, 4.69) is 18.7 Å². The van der Waals surface area contributed by atoms with E-state index in [0.717, 1.165) is 12.1 Å². The minimum Gasteiger partial charge on any atom is -0.341 e. The van der Waals surface area contributed by atoms with E-state index in [1.165, 1.54) is 0 Å². The lowest BCUT2D eigenvalue weighted by atomic mass is 10.0. The molecule has 0 aliphatic carbocycles. The van der Waals surface area contributed by atoms with Crippen LogP contribution in [0, 0.1) is 0 Å². The minimum atomic E-state index is -0.678. The molecule has 4 rings (SSSR count). The van der Waals surface area contributed by atoms with Gasteiger partial charge in [0.25, 0.3) is 0 Å².